The van der Waals surface area contributed by atoms with Gasteiger partial charge in [-0.1, -0.05) is 36.4 Å². The number of para-hydroxylation sites is 2. The molecule has 0 saturated carbocycles. The lowest BCUT2D eigenvalue weighted by Gasteiger charge is -2.13. The van der Waals surface area contributed by atoms with Crippen LogP contribution in [0.4, 0.5) is 5.69 Å². The van der Waals surface area contributed by atoms with Crippen molar-refractivity contribution < 1.29 is 14.8 Å². The van der Waals surface area contributed by atoms with E-state index in [4.69, 9.17) is 4.74 Å². The summed E-state index contributed by atoms with van der Waals surface area (Å²) in [4.78, 5) is 28.2. The van der Waals surface area contributed by atoms with Gasteiger partial charge in [0.05, 0.1) is 28.6 Å². The van der Waals surface area contributed by atoms with Gasteiger partial charge in [-0.05, 0) is 42.0 Å². The van der Waals surface area contributed by atoms with Gasteiger partial charge >= 0.3 is 0 Å². The second-order valence-corrected chi connectivity index (χ2v) is 6.63. The molecule has 0 saturated heterocycles. The van der Waals surface area contributed by atoms with E-state index >= 15 is 0 Å². The van der Waals surface area contributed by atoms with Gasteiger partial charge in [0.25, 0.3) is 11.2 Å². The molecule has 0 spiro atoms. The highest BCUT2D eigenvalue weighted by Gasteiger charge is 2.14. The number of benzene rings is 3. The van der Waals surface area contributed by atoms with Crippen molar-refractivity contribution in [2.75, 3.05) is 7.11 Å². The number of aromatic nitrogens is 2. The molecule has 31 heavy (non-hydrogen) atoms. The lowest BCUT2D eigenvalue weighted by molar-refractivity contribution is -0.398. The molecular formula is C23H16N3O5-. The van der Waals surface area contributed by atoms with Crippen LogP contribution in [0.2, 0.25) is 0 Å². The summed E-state index contributed by atoms with van der Waals surface area (Å²) in [6.45, 7) is 0. The van der Waals surface area contributed by atoms with Crippen LogP contribution in [0, 0.1) is 10.1 Å². The van der Waals surface area contributed by atoms with Crippen molar-refractivity contribution in [1.29, 1.82) is 0 Å². The minimum absolute atomic E-state index is 0.138. The fourth-order valence-corrected chi connectivity index (χ4v) is 3.25. The molecule has 0 aliphatic heterocycles. The highest BCUT2D eigenvalue weighted by molar-refractivity contribution is 5.80. The van der Waals surface area contributed by atoms with Crippen molar-refractivity contribution in [2.24, 2.45) is 0 Å². The third-order valence-corrected chi connectivity index (χ3v) is 4.72. The molecule has 4 rings (SSSR count). The number of methoxy groups -OCH3 is 1. The van der Waals surface area contributed by atoms with E-state index in [1.54, 1.807) is 48.6 Å². The van der Waals surface area contributed by atoms with Crippen molar-refractivity contribution in [3.05, 3.63) is 98.6 Å². The molecule has 0 aliphatic rings. The monoisotopic (exact) mass is 414 g/mol. The number of nitro benzene ring substituents is 1. The normalized spacial score (nSPS) is 11.1. The van der Waals surface area contributed by atoms with Crippen LogP contribution < -0.4 is 15.4 Å². The first-order valence-corrected chi connectivity index (χ1v) is 9.28. The Labute approximate surface area is 176 Å². The molecule has 0 atom stereocenters. The quantitative estimate of drug-likeness (QED) is 0.365. The molecule has 0 fully saturated rings. The third-order valence-electron chi connectivity index (χ3n) is 4.72. The van der Waals surface area contributed by atoms with E-state index in [1.165, 1.54) is 17.7 Å². The van der Waals surface area contributed by atoms with Crippen LogP contribution in [0.3, 0.4) is 0 Å². The maximum Gasteiger partial charge on any atom is 0.266 e. The molecule has 1 aromatic heterocycles. The predicted octanol–water partition coefficient (Wildman–Crippen LogP) is 3.55. The van der Waals surface area contributed by atoms with Gasteiger partial charge in [0, 0.05) is 11.8 Å². The summed E-state index contributed by atoms with van der Waals surface area (Å²) >= 11 is 0. The lowest BCUT2D eigenvalue weighted by Crippen LogP contribution is -2.22. The third kappa shape index (κ3) is 3.74. The zero-order valence-electron chi connectivity index (χ0n) is 16.4. The number of nitrogens with zero attached hydrogens (tertiary/aromatic N) is 3. The first kappa shape index (κ1) is 19.8. The molecule has 8 heteroatoms. The second-order valence-electron chi connectivity index (χ2n) is 6.63. The summed E-state index contributed by atoms with van der Waals surface area (Å²) in [5, 5.41) is 23.7. The Kier molecular flexibility index (Phi) is 5.19. The van der Waals surface area contributed by atoms with Gasteiger partial charge in [0.2, 0.25) is 0 Å². The summed E-state index contributed by atoms with van der Waals surface area (Å²) in [5.41, 5.74) is 0.688. The van der Waals surface area contributed by atoms with E-state index in [0.717, 1.165) is 6.07 Å². The van der Waals surface area contributed by atoms with Crippen molar-refractivity contribution in [1.82, 2.24) is 9.55 Å². The van der Waals surface area contributed by atoms with E-state index < -0.39 is 16.4 Å². The largest absolute Gasteiger partial charge is 0.865 e. The Morgan fingerprint density at radius 3 is 2.45 bits per heavy atom. The van der Waals surface area contributed by atoms with E-state index in [2.05, 4.69) is 4.98 Å². The van der Waals surface area contributed by atoms with Gasteiger partial charge in [-0.3, -0.25) is 19.5 Å². The van der Waals surface area contributed by atoms with Crippen molar-refractivity contribution in [3.8, 4) is 17.2 Å². The Morgan fingerprint density at radius 1 is 1.03 bits per heavy atom. The molecule has 3 aromatic carbocycles. The molecule has 154 valence electrons. The van der Waals surface area contributed by atoms with Gasteiger partial charge in [0.1, 0.15) is 11.6 Å². The highest BCUT2D eigenvalue weighted by Crippen LogP contribution is 2.35. The molecule has 0 amide bonds. The fourth-order valence-electron chi connectivity index (χ4n) is 3.25. The number of hydrogen-bond donors (Lipinski definition) is 0. The van der Waals surface area contributed by atoms with E-state index in [0.29, 0.717) is 28.0 Å². The number of fused-ring (bicyclic) bond motifs is 1. The summed E-state index contributed by atoms with van der Waals surface area (Å²) < 4.78 is 6.44. The molecule has 0 N–H and O–H groups in total. The Hall–Kier alpha value is -4.46. The Bertz CT molecular complexity index is 1380. The molecule has 0 aliphatic carbocycles. The predicted molar refractivity (Wildman–Crippen MR) is 115 cm³/mol. The lowest BCUT2D eigenvalue weighted by atomic mass is 10.1. The van der Waals surface area contributed by atoms with E-state index in [1.807, 2.05) is 18.2 Å². The van der Waals surface area contributed by atoms with Crippen LogP contribution in [0.15, 0.2) is 71.5 Å². The zero-order valence-corrected chi connectivity index (χ0v) is 16.4. The van der Waals surface area contributed by atoms with Crippen molar-refractivity contribution in [3.63, 3.8) is 0 Å². The average Bonchev–Trinajstić information content (AvgIpc) is 2.78. The number of ether oxygens (including phenoxy) is 1. The summed E-state index contributed by atoms with van der Waals surface area (Å²) in [5.74, 6) is -0.599. The van der Waals surface area contributed by atoms with Crippen molar-refractivity contribution >= 4 is 28.7 Å². The van der Waals surface area contributed by atoms with Crippen LogP contribution in [0.5, 0.6) is 11.5 Å². The van der Waals surface area contributed by atoms with Gasteiger partial charge in [0.15, 0.2) is 0 Å². The summed E-state index contributed by atoms with van der Waals surface area (Å²) in [7, 11) is 1.27. The Morgan fingerprint density at radius 2 is 1.74 bits per heavy atom. The first-order chi connectivity index (χ1) is 15.0. The van der Waals surface area contributed by atoms with Crippen molar-refractivity contribution in [2.45, 2.75) is 0 Å². The van der Waals surface area contributed by atoms with Gasteiger partial charge in [-0.2, -0.15) is 0 Å². The minimum atomic E-state index is -0.797. The fraction of sp³-hybridized carbons (Fsp3) is 0.0435. The maximum absolute atomic E-state index is 13.2. The average molecular weight is 414 g/mol. The SMILES string of the molecule is COc1cc(/C=C/c2nc3ccccc3c(=O)n2-c2ccccc2)cc([N+](=O)[O-])c1[O-]. The summed E-state index contributed by atoms with van der Waals surface area (Å²) in [6, 6.07) is 18.6. The van der Waals surface area contributed by atoms with Gasteiger partial charge in [-0.25, -0.2) is 4.98 Å². The molecule has 1 heterocycles. The number of rotatable bonds is 5. The number of nitro groups is 1. The van der Waals surface area contributed by atoms with Crippen LogP contribution >= 0.6 is 0 Å². The molecule has 4 aromatic rings. The topological polar surface area (TPSA) is 110 Å². The van der Waals surface area contributed by atoms with Gasteiger partial charge in [-0.15, -0.1) is 0 Å². The van der Waals surface area contributed by atoms with Gasteiger partial charge < -0.3 is 9.84 Å². The van der Waals surface area contributed by atoms with Crippen LogP contribution in [0.25, 0.3) is 28.7 Å². The molecule has 0 bridgehead atoms. The van der Waals surface area contributed by atoms with Crippen LogP contribution in [-0.4, -0.2) is 21.6 Å². The molecule has 0 radical (unpaired) electrons. The highest BCUT2D eigenvalue weighted by atomic mass is 16.6. The van der Waals surface area contributed by atoms with Crippen LogP contribution in [-0.2, 0) is 0 Å². The zero-order chi connectivity index (χ0) is 22.0. The first-order valence-electron chi connectivity index (χ1n) is 9.28. The molecule has 0 unspecified atom stereocenters. The van der Waals surface area contributed by atoms with Crippen LogP contribution in [0.1, 0.15) is 11.4 Å². The number of hydrogen-bond acceptors (Lipinski definition) is 6. The minimum Gasteiger partial charge on any atom is -0.865 e. The van der Waals surface area contributed by atoms with E-state index in [9.17, 15) is 20.0 Å². The molecule has 8 nitrogen and oxygen atoms in total. The van der Waals surface area contributed by atoms with E-state index in [-0.39, 0.29) is 11.3 Å². The second kappa shape index (κ2) is 8.11. The Balaban J connectivity index is 1.91. The summed E-state index contributed by atoms with van der Waals surface area (Å²) in [6.07, 6.45) is 3.12. The molecular weight excluding hydrogens is 398 g/mol. The standard InChI is InChI=1S/C23H17N3O5/c1-31-20-14-15(13-19(22(20)27)26(29)30)11-12-21-24-18-10-6-5-9-17(18)23(28)25(21)16-7-3-2-4-8-16/h2-14,27H,1H3/p-1/b12-11+. The maximum atomic E-state index is 13.2. The smallest absolute Gasteiger partial charge is 0.266 e.